The van der Waals surface area contributed by atoms with Gasteiger partial charge in [0, 0.05) is 25.0 Å². The van der Waals surface area contributed by atoms with Crippen LogP contribution in [0.15, 0.2) is 0 Å². The Hall–Kier alpha value is 0.250. The van der Waals surface area contributed by atoms with Gasteiger partial charge in [-0.1, -0.05) is 13.8 Å². The van der Waals surface area contributed by atoms with Gasteiger partial charge < -0.3 is 4.90 Å². The van der Waals surface area contributed by atoms with Crippen LogP contribution in [0.5, 0.6) is 0 Å². The second kappa shape index (κ2) is 5.73. The van der Waals surface area contributed by atoms with E-state index >= 15 is 0 Å². The van der Waals surface area contributed by atoms with Gasteiger partial charge in [0.25, 0.3) is 0 Å². The highest BCUT2D eigenvalue weighted by molar-refractivity contribution is 6.20. The van der Waals surface area contributed by atoms with Crippen molar-refractivity contribution >= 4 is 11.6 Å². The second-order valence-electron chi connectivity index (χ2n) is 6.28. The highest BCUT2D eigenvalue weighted by Crippen LogP contribution is 2.30. The molecular weight excluding hydrogens is 218 g/mol. The van der Waals surface area contributed by atoms with E-state index in [-0.39, 0.29) is 0 Å². The summed E-state index contributed by atoms with van der Waals surface area (Å²) in [6.45, 7) is 8.78. The lowest BCUT2D eigenvalue weighted by atomic mass is 9.86. The van der Waals surface area contributed by atoms with Crippen LogP contribution in [0.4, 0.5) is 0 Å². The lowest BCUT2D eigenvalue weighted by molar-refractivity contribution is 0.112. The Morgan fingerprint density at radius 3 is 2.12 bits per heavy atom. The zero-order chi connectivity index (χ0) is 11.5. The maximum absolute atomic E-state index is 6.16. The molecule has 1 saturated carbocycles. The summed E-state index contributed by atoms with van der Waals surface area (Å²) in [6, 6.07) is 0. The largest absolute Gasteiger partial charge is 0.303 e. The van der Waals surface area contributed by atoms with Crippen molar-refractivity contribution in [3.05, 3.63) is 0 Å². The van der Waals surface area contributed by atoms with E-state index in [1.165, 1.54) is 51.7 Å². The zero-order valence-corrected chi connectivity index (χ0v) is 11.5. The number of alkyl halides is 1. The van der Waals surface area contributed by atoms with Crippen LogP contribution in [0.1, 0.15) is 46.0 Å². The summed E-state index contributed by atoms with van der Waals surface area (Å²) in [5, 5.41) is 0.468. The van der Waals surface area contributed by atoms with Gasteiger partial charge in [0.2, 0.25) is 0 Å². The lowest BCUT2D eigenvalue weighted by Gasteiger charge is -2.38. The minimum absolute atomic E-state index is 0.468. The highest BCUT2D eigenvalue weighted by Gasteiger charge is 2.26. The summed E-state index contributed by atoms with van der Waals surface area (Å²) in [4.78, 5) is 2.71. The van der Waals surface area contributed by atoms with Crippen LogP contribution in [0, 0.1) is 17.8 Å². The fourth-order valence-corrected chi connectivity index (χ4v) is 3.86. The molecule has 2 rings (SSSR count). The molecule has 0 N–H and O–H groups in total. The quantitative estimate of drug-likeness (QED) is 0.668. The molecule has 0 radical (unpaired) electrons. The van der Waals surface area contributed by atoms with Crippen LogP contribution in [-0.4, -0.2) is 29.9 Å². The molecule has 16 heavy (non-hydrogen) atoms. The molecule has 2 aliphatic rings. The SMILES string of the molecule is CC1CC(C)CN(CC2CCC(Cl)CC2)C1. The molecule has 0 amide bonds. The normalized spacial score (nSPS) is 42.2. The number of hydrogen-bond acceptors (Lipinski definition) is 1. The van der Waals surface area contributed by atoms with Gasteiger partial charge in [-0.25, -0.2) is 0 Å². The topological polar surface area (TPSA) is 3.24 Å². The monoisotopic (exact) mass is 243 g/mol. The molecule has 1 aliphatic heterocycles. The van der Waals surface area contributed by atoms with Crippen molar-refractivity contribution < 1.29 is 0 Å². The van der Waals surface area contributed by atoms with Crippen molar-refractivity contribution in [2.45, 2.75) is 51.3 Å². The van der Waals surface area contributed by atoms with Crippen LogP contribution in [-0.2, 0) is 0 Å². The van der Waals surface area contributed by atoms with Crippen molar-refractivity contribution in [1.82, 2.24) is 4.90 Å². The van der Waals surface area contributed by atoms with Crippen molar-refractivity contribution in [2.24, 2.45) is 17.8 Å². The second-order valence-corrected chi connectivity index (χ2v) is 6.90. The van der Waals surface area contributed by atoms with Crippen LogP contribution >= 0.6 is 11.6 Å². The summed E-state index contributed by atoms with van der Waals surface area (Å²) in [5.41, 5.74) is 0. The van der Waals surface area contributed by atoms with Gasteiger partial charge in [-0.05, 0) is 49.9 Å². The summed E-state index contributed by atoms with van der Waals surface area (Å²) >= 11 is 6.16. The zero-order valence-electron chi connectivity index (χ0n) is 10.8. The molecule has 2 heteroatoms. The number of likely N-dealkylation sites (tertiary alicyclic amines) is 1. The Morgan fingerprint density at radius 1 is 1.00 bits per heavy atom. The molecule has 94 valence electrons. The minimum Gasteiger partial charge on any atom is -0.303 e. The molecule has 2 fully saturated rings. The Morgan fingerprint density at radius 2 is 1.56 bits per heavy atom. The third-order valence-corrected chi connectivity index (χ3v) is 4.67. The van der Waals surface area contributed by atoms with Crippen molar-refractivity contribution in [3.8, 4) is 0 Å². The summed E-state index contributed by atoms with van der Waals surface area (Å²) in [6.07, 6.45) is 6.61. The Labute approximate surface area is 106 Å². The molecule has 0 aromatic rings. The van der Waals surface area contributed by atoms with Gasteiger partial charge >= 0.3 is 0 Å². The fraction of sp³-hybridized carbons (Fsp3) is 1.00. The van der Waals surface area contributed by atoms with Crippen LogP contribution in [0.2, 0.25) is 0 Å². The first-order valence-corrected chi connectivity index (χ1v) is 7.43. The third-order valence-electron chi connectivity index (χ3n) is 4.24. The van der Waals surface area contributed by atoms with E-state index in [0.29, 0.717) is 5.38 Å². The minimum atomic E-state index is 0.468. The smallest absolute Gasteiger partial charge is 0.0336 e. The third kappa shape index (κ3) is 3.63. The van der Waals surface area contributed by atoms with E-state index in [2.05, 4.69) is 18.7 Å². The molecule has 1 heterocycles. The maximum atomic E-state index is 6.16. The van der Waals surface area contributed by atoms with Crippen molar-refractivity contribution in [2.75, 3.05) is 19.6 Å². The molecule has 0 aromatic carbocycles. The predicted molar refractivity (Wildman–Crippen MR) is 71.0 cm³/mol. The fourth-order valence-electron chi connectivity index (χ4n) is 3.61. The molecule has 2 atom stereocenters. The first-order valence-electron chi connectivity index (χ1n) is 7.00. The molecule has 2 unspecified atom stereocenters. The number of halogens is 1. The molecule has 1 nitrogen and oxygen atoms in total. The average Bonchev–Trinajstić information content (AvgIpc) is 2.20. The van der Waals surface area contributed by atoms with Gasteiger partial charge in [-0.2, -0.15) is 0 Å². The molecule has 1 saturated heterocycles. The standard InChI is InChI=1S/C14H26ClN/c1-11-7-12(2)9-16(8-11)10-13-3-5-14(15)6-4-13/h11-14H,3-10H2,1-2H3. The maximum Gasteiger partial charge on any atom is 0.0336 e. The summed E-state index contributed by atoms with van der Waals surface area (Å²) in [5.74, 6) is 2.72. The Kier molecular flexibility index (Phi) is 4.55. The average molecular weight is 244 g/mol. The number of nitrogens with zero attached hydrogens (tertiary/aromatic N) is 1. The number of hydrogen-bond donors (Lipinski definition) is 0. The van der Waals surface area contributed by atoms with Crippen molar-refractivity contribution in [3.63, 3.8) is 0 Å². The molecule has 0 aromatic heterocycles. The molecule has 1 aliphatic carbocycles. The molecule has 0 bridgehead atoms. The van der Waals surface area contributed by atoms with Crippen LogP contribution in [0.3, 0.4) is 0 Å². The first kappa shape index (κ1) is 12.7. The number of piperidine rings is 1. The first-order chi connectivity index (χ1) is 7.63. The van der Waals surface area contributed by atoms with Gasteiger partial charge in [-0.3, -0.25) is 0 Å². The highest BCUT2D eigenvalue weighted by atomic mass is 35.5. The van der Waals surface area contributed by atoms with E-state index in [0.717, 1.165) is 17.8 Å². The van der Waals surface area contributed by atoms with Crippen LogP contribution < -0.4 is 0 Å². The van der Waals surface area contributed by atoms with E-state index in [1.54, 1.807) is 0 Å². The summed E-state index contributed by atoms with van der Waals surface area (Å²) < 4.78 is 0. The van der Waals surface area contributed by atoms with Gasteiger partial charge in [-0.15, -0.1) is 11.6 Å². The number of rotatable bonds is 2. The van der Waals surface area contributed by atoms with E-state index in [4.69, 9.17) is 11.6 Å². The van der Waals surface area contributed by atoms with Gasteiger partial charge in [0.15, 0.2) is 0 Å². The van der Waals surface area contributed by atoms with E-state index < -0.39 is 0 Å². The molecular formula is C14H26ClN. The Balaban J connectivity index is 1.76. The predicted octanol–water partition coefficient (Wildman–Crippen LogP) is 3.76. The van der Waals surface area contributed by atoms with Crippen LogP contribution in [0.25, 0.3) is 0 Å². The Bertz CT molecular complexity index is 201. The lowest BCUT2D eigenvalue weighted by Crippen LogP contribution is -2.41. The molecule has 0 spiro atoms. The van der Waals surface area contributed by atoms with Gasteiger partial charge in [0.05, 0.1) is 0 Å². The van der Waals surface area contributed by atoms with Gasteiger partial charge in [0.1, 0.15) is 0 Å². The van der Waals surface area contributed by atoms with Crippen molar-refractivity contribution in [1.29, 1.82) is 0 Å². The van der Waals surface area contributed by atoms with E-state index in [1.807, 2.05) is 0 Å². The van der Waals surface area contributed by atoms with E-state index in [9.17, 15) is 0 Å². The summed E-state index contributed by atoms with van der Waals surface area (Å²) in [7, 11) is 0.